The van der Waals surface area contributed by atoms with Gasteiger partial charge in [0, 0.05) is 19.7 Å². The number of hydrogen-bond donors (Lipinski definition) is 2. The van der Waals surface area contributed by atoms with Crippen LogP contribution in [0.5, 0.6) is 0 Å². The summed E-state index contributed by atoms with van der Waals surface area (Å²) in [5, 5.41) is 13.2. The summed E-state index contributed by atoms with van der Waals surface area (Å²) in [5.41, 5.74) is -0.544. The molecule has 0 unspecified atom stereocenters. The minimum Gasteiger partial charge on any atom is -0.389 e. The van der Waals surface area contributed by atoms with Crippen LogP contribution in [-0.4, -0.2) is 37.0 Å². The first-order valence-corrected chi connectivity index (χ1v) is 6.55. The first-order valence-electron chi connectivity index (χ1n) is 6.55. The van der Waals surface area contributed by atoms with Gasteiger partial charge in [-0.05, 0) is 25.2 Å². The van der Waals surface area contributed by atoms with Gasteiger partial charge < -0.3 is 15.2 Å². The van der Waals surface area contributed by atoms with Gasteiger partial charge in [0.15, 0.2) is 0 Å². The minimum atomic E-state index is -0.544. The van der Waals surface area contributed by atoms with Crippen LogP contribution in [0.1, 0.15) is 47.0 Å². The number of hydrogen-bond acceptors (Lipinski definition) is 3. The van der Waals surface area contributed by atoms with Crippen LogP contribution in [0.2, 0.25) is 0 Å². The van der Waals surface area contributed by atoms with Crippen LogP contribution >= 0.6 is 0 Å². The molecule has 98 valence electrons. The summed E-state index contributed by atoms with van der Waals surface area (Å²) in [4.78, 5) is 0. The van der Waals surface area contributed by atoms with Crippen LogP contribution in [-0.2, 0) is 4.74 Å². The third-order valence-electron chi connectivity index (χ3n) is 3.03. The van der Waals surface area contributed by atoms with Gasteiger partial charge in [0.05, 0.1) is 12.2 Å². The Kier molecular flexibility index (Phi) is 8.90. The van der Waals surface area contributed by atoms with Crippen molar-refractivity contribution in [3.63, 3.8) is 0 Å². The molecular formula is C13H29NO2. The molecule has 2 N–H and O–H groups in total. The fourth-order valence-electron chi connectivity index (χ4n) is 1.39. The smallest absolute Gasteiger partial charge is 0.0766 e. The van der Waals surface area contributed by atoms with E-state index in [1.807, 2.05) is 13.8 Å². The highest BCUT2D eigenvalue weighted by Gasteiger charge is 2.20. The highest BCUT2D eigenvalue weighted by molar-refractivity contribution is 4.77. The largest absolute Gasteiger partial charge is 0.389 e. The summed E-state index contributed by atoms with van der Waals surface area (Å²) in [6, 6.07) is 0. The van der Waals surface area contributed by atoms with Crippen molar-refractivity contribution in [2.45, 2.75) is 52.6 Å². The van der Waals surface area contributed by atoms with E-state index in [1.165, 1.54) is 0 Å². The van der Waals surface area contributed by atoms with Gasteiger partial charge in [0.25, 0.3) is 0 Å². The van der Waals surface area contributed by atoms with Gasteiger partial charge in [-0.25, -0.2) is 0 Å². The molecule has 0 atom stereocenters. The molecule has 0 bridgehead atoms. The molecule has 0 aliphatic heterocycles. The van der Waals surface area contributed by atoms with Gasteiger partial charge in [-0.15, -0.1) is 0 Å². The van der Waals surface area contributed by atoms with Crippen molar-refractivity contribution in [3.05, 3.63) is 0 Å². The van der Waals surface area contributed by atoms with Gasteiger partial charge in [-0.1, -0.05) is 27.7 Å². The Labute approximate surface area is 101 Å². The summed E-state index contributed by atoms with van der Waals surface area (Å²) in [6.07, 6.45) is 2.71. The number of rotatable bonds is 10. The van der Waals surface area contributed by atoms with Gasteiger partial charge in [-0.3, -0.25) is 0 Å². The molecule has 0 radical (unpaired) electrons. The maximum absolute atomic E-state index is 10.0. The summed E-state index contributed by atoms with van der Waals surface area (Å²) >= 11 is 0. The Morgan fingerprint density at radius 1 is 1.19 bits per heavy atom. The zero-order chi connectivity index (χ0) is 12.4. The maximum atomic E-state index is 10.0. The Bertz CT molecular complexity index is 156. The summed E-state index contributed by atoms with van der Waals surface area (Å²) in [7, 11) is 0. The first kappa shape index (κ1) is 15.9. The van der Waals surface area contributed by atoms with Gasteiger partial charge >= 0.3 is 0 Å². The number of aliphatic hydroxyl groups is 1. The van der Waals surface area contributed by atoms with E-state index >= 15 is 0 Å². The molecule has 0 aromatic carbocycles. The van der Waals surface area contributed by atoms with E-state index < -0.39 is 5.60 Å². The average Bonchev–Trinajstić information content (AvgIpc) is 2.27. The zero-order valence-electron chi connectivity index (χ0n) is 11.4. The highest BCUT2D eigenvalue weighted by Crippen LogP contribution is 2.12. The maximum Gasteiger partial charge on any atom is 0.0766 e. The second kappa shape index (κ2) is 8.97. The van der Waals surface area contributed by atoms with E-state index in [2.05, 4.69) is 19.2 Å². The topological polar surface area (TPSA) is 41.5 Å². The Morgan fingerprint density at radius 2 is 1.81 bits per heavy atom. The molecule has 0 saturated carbocycles. The molecule has 3 heteroatoms. The lowest BCUT2D eigenvalue weighted by atomic mass is 9.98. The molecule has 0 aromatic heterocycles. The van der Waals surface area contributed by atoms with Gasteiger partial charge in [0.2, 0.25) is 0 Å². The number of nitrogens with one attached hydrogen (secondary N) is 1. The van der Waals surface area contributed by atoms with Crippen molar-refractivity contribution in [1.29, 1.82) is 0 Å². The van der Waals surface area contributed by atoms with E-state index in [4.69, 9.17) is 4.74 Å². The summed E-state index contributed by atoms with van der Waals surface area (Å²) in [6.45, 7) is 11.5. The van der Waals surface area contributed by atoms with Crippen LogP contribution in [0.25, 0.3) is 0 Å². The standard InChI is InChI=1S/C13H29NO2/c1-5-13(15,6-2)11-14-8-10-16-9-7-12(3)4/h12,14-15H,5-11H2,1-4H3. The fourth-order valence-corrected chi connectivity index (χ4v) is 1.39. The molecule has 0 spiro atoms. The van der Waals surface area contributed by atoms with Crippen LogP contribution in [0.3, 0.4) is 0 Å². The third kappa shape index (κ3) is 8.08. The van der Waals surface area contributed by atoms with E-state index in [-0.39, 0.29) is 0 Å². The quantitative estimate of drug-likeness (QED) is 0.566. The Balaban J connectivity index is 3.33. The molecular weight excluding hydrogens is 202 g/mol. The second-order valence-electron chi connectivity index (χ2n) is 4.90. The number of ether oxygens (including phenoxy) is 1. The van der Waals surface area contributed by atoms with Crippen molar-refractivity contribution < 1.29 is 9.84 Å². The molecule has 0 heterocycles. The van der Waals surface area contributed by atoms with Crippen molar-refractivity contribution >= 4 is 0 Å². The monoisotopic (exact) mass is 231 g/mol. The van der Waals surface area contributed by atoms with Crippen molar-refractivity contribution in [1.82, 2.24) is 5.32 Å². The van der Waals surface area contributed by atoms with Crippen LogP contribution in [0.4, 0.5) is 0 Å². The lowest BCUT2D eigenvalue weighted by Crippen LogP contribution is -2.40. The van der Waals surface area contributed by atoms with Crippen LogP contribution in [0.15, 0.2) is 0 Å². The average molecular weight is 231 g/mol. The molecule has 0 aromatic rings. The molecule has 16 heavy (non-hydrogen) atoms. The molecule has 0 rings (SSSR count). The molecule has 0 amide bonds. The molecule has 0 aliphatic rings. The third-order valence-corrected chi connectivity index (χ3v) is 3.03. The SMILES string of the molecule is CCC(O)(CC)CNCCOCCC(C)C. The predicted molar refractivity (Wildman–Crippen MR) is 68.7 cm³/mol. The Morgan fingerprint density at radius 3 is 2.31 bits per heavy atom. The van der Waals surface area contributed by atoms with Crippen molar-refractivity contribution in [2.24, 2.45) is 5.92 Å². The first-order chi connectivity index (χ1) is 7.54. The zero-order valence-corrected chi connectivity index (χ0v) is 11.4. The molecule has 3 nitrogen and oxygen atoms in total. The van der Waals surface area contributed by atoms with Crippen molar-refractivity contribution in [2.75, 3.05) is 26.3 Å². The van der Waals surface area contributed by atoms with E-state index in [9.17, 15) is 5.11 Å². The summed E-state index contributed by atoms with van der Waals surface area (Å²) < 4.78 is 5.48. The summed E-state index contributed by atoms with van der Waals surface area (Å²) in [5.74, 6) is 0.707. The lowest BCUT2D eigenvalue weighted by Gasteiger charge is -2.25. The van der Waals surface area contributed by atoms with Crippen LogP contribution in [0, 0.1) is 5.92 Å². The van der Waals surface area contributed by atoms with Gasteiger partial charge in [0.1, 0.15) is 0 Å². The normalized spacial score (nSPS) is 12.4. The van der Waals surface area contributed by atoms with Crippen LogP contribution < -0.4 is 5.32 Å². The van der Waals surface area contributed by atoms with E-state index in [0.717, 1.165) is 39.0 Å². The Hall–Kier alpha value is -0.120. The fraction of sp³-hybridized carbons (Fsp3) is 1.00. The van der Waals surface area contributed by atoms with E-state index in [0.29, 0.717) is 12.5 Å². The highest BCUT2D eigenvalue weighted by atomic mass is 16.5. The predicted octanol–water partition coefficient (Wildman–Crippen LogP) is 2.19. The minimum absolute atomic E-state index is 0.544. The second-order valence-corrected chi connectivity index (χ2v) is 4.90. The lowest BCUT2D eigenvalue weighted by molar-refractivity contribution is 0.0300. The van der Waals surface area contributed by atoms with E-state index in [1.54, 1.807) is 0 Å². The van der Waals surface area contributed by atoms with Gasteiger partial charge in [-0.2, -0.15) is 0 Å². The van der Waals surface area contributed by atoms with Crippen molar-refractivity contribution in [3.8, 4) is 0 Å². The molecule has 0 aliphatic carbocycles. The molecule has 0 fully saturated rings. The molecule has 0 saturated heterocycles.